The fourth-order valence-electron chi connectivity index (χ4n) is 3.66. The van der Waals surface area contributed by atoms with Crippen molar-refractivity contribution in [2.24, 2.45) is 0 Å². The summed E-state index contributed by atoms with van der Waals surface area (Å²) in [6.07, 6.45) is 4.62. The summed E-state index contributed by atoms with van der Waals surface area (Å²) in [5, 5.41) is 5.76. The van der Waals surface area contributed by atoms with Gasteiger partial charge in [-0.1, -0.05) is 0 Å². The van der Waals surface area contributed by atoms with Crippen molar-refractivity contribution < 1.29 is 18.0 Å². The van der Waals surface area contributed by atoms with Gasteiger partial charge in [0.15, 0.2) is 14.6 Å². The number of amides is 2. The Labute approximate surface area is 156 Å². The van der Waals surface area contributed by atoms with E-state index in [-0.39, 0.29) is 37.2 Å². The minimum Gasteiger partial charge on any atom is -0.343 e. The first-order chi connectivity index (χ1) is 11.2. The summed E-state index contributed by atoms with van der Waals surface area (Å²) in [5.41, 5.74) is 0. The van der Waals surface area contributed by atoms with Gasteiger partial charge in [0, 0.05) is 18.8 Å². The molecule has 2 fully saturated rings. The summed E-state index contributed by atoms with van der Waals surface area (Å²) in [5.74, 6) is -0.676. The molecule has 0 spiro atoms. The molecule has 9 heteroatoms. The Morgan fingerprint density at radius 1 is 1.24 bits per heavy atom. The van der Waals surface area contributed by atoms with E-state index in [1.165, 1.54) is 0 Å². The number of hydrogen-bond acceptors (Lipinski definition) is 5. The van der Waals surface area contributed by atoms with Crippen LogP contribution in [-0.4, -0.2) is 67.9 Å². The number of carbonyl (C=O) groups is 2. The van der Waals surface area contributed by atoms with Crippen LogP contribution in [-0.2, 0) is 19.4 Å². The van der Waals surface area contributed by atoms with Crippen molar-refractivity contribution in [2.75, 3.05) is 25.9 Å². The van der Waals surface area contributed by atoms with Crippen LogP contribution >= 0.6 is 12.4 Å². The second-order valence-electron chi connectivity index (χ2n) is 7.09. The molecular formula is C16H30ClN3O4S. The molecule has 2 N–H and O–H groups in total. The standard InChI is InChI=1S/C16H29N3O4S.ClH/c1-12-6-4-5-11-19(12)14(20)13(2)18-15(21)16(24(3,22)23)7-9-17-10-8-16;/h12-13,17H,4-11H2,1-3H3,(H,18,21);1H. The number of rotatable bonds is 4. The first-order valence-corrected chi connectivity index (χ1v) is 10.6. The predicted molar refractivity (Wildman–Crippen MR) is 99.6 cm³/mol. The third-order valence-corrected chi connectivity index (χ3v) is 7.35. The number of halogens is 1. The highest BCUT2D eigenvalue weighted by Crippen LogP contribution is 2.28. The van der Waals surface area contributed by atoms with Crippen molar-refractivity contribution in [1.29, 1.82) is 0 Å². The van der Waals surface area contributed by atoms with E-state index >= 15 is 0 Å². The van der Waals surface area contributed by atoms with E-state index in [0.29, 0.717) is 19.6 Å². The lowest BCUT2D eigenvalue weighted by molar-refractivity contribution is -0.139. The second kappa shape index (κ2) is 8.68. The number of nitrogens with one attached hydrogen (secondary N) is 2. The molecule has 0 radical (unpaired) electrons. The maximum absolute atomic E-state index is 12.8. The van der Waals surface area contributed by atoms with Crippen LogP contribution in [0.2, 0.25) is 0 Å². The average Bonchev–Trinajstić information content (AvgIpc) is 2.54. The van der Waals surface area contributed by atoms with Crippen LogP contribution in [0.1, 0.15) is 46.0 Å². The Hall–Kier alpha value is -0.860. The van der Waals surface area contributed by atoms with Gasteiger partial charge < -0.3 is 15.5 Å². The molecule has 2 amide bonds. The molecule has 2 aliphatic heterocycles. The summed E-state index contributed by atoms with van der Waals surface area (Å²) in [6.45, 7) is 5.30. The minimum absolute atomic E-state index is 0. The maximum atomic E-state index is 12.8. The predicted octanol–water partition coefficient (Wildman–Crippen LogP) is 0.481. The number of carbonyl (C=O) groups excluding carboxylic acids is 2. The molecule has 25 heavy (non-hydrogen) atoms. The lowest BCUT2D eigenvalue weighted by Crippen LogP contribution is -2.61. The van der Waals surface area contributed by atoms with Gasteiger partial charge in [0.05, 0.1) is 0 Å². The van der Waals surface area contributed by atoms with Crippen LogP contribution in [0.25, 0.3) is 0 Å². The fourth-order valence-corrected chi connectivity index (χ4v) is 5.00. The Morgan fingerprint density at radius 2 is 1.84 bits per heavy atom. The van der Waals surface area contributed by atoms with Gasteiger partial charge >= 0.3 is 0 Å². The summed E-state index contributed by atoms with van der Waals surface area (Å²) >= 11 is 0. The fraction of sp³-hybridized carbons (Fsp3) is 0.875. The average molecular weight is 396 g/mol. The zero-order valence-corrected chi connectivity index (χ0v) is 16.8. The molecule has 0 aliphatic carbocycles. The van der Waals surface area contributed by atoms with Crippen molar-refractivity contribution in [2.45, 2.75) is 62.8 Å². The van der Waals surface area contributed by atoms with Gasteiger partial charge in [0.25, 0.3) is 0 Å². The summed E-state index contributed by atoms with van der Waals surface area (Å²) < 4.78 is 23.1. The molecule has 0 aromatic heterocycles. The van der Waals surface area contributed by atoms with Crippen LogP contribution in [0.5, 0.6) is 0 Å². The molecule has 146 valence electrons. The summed E-state index contributed by atoms with van der Waals surface area (Å²) in [4.78, 5) is 27.2. The number of nitrogens with zero attached hydrogens (tertiary/aromatic N) is 1. The van der Waals surface area contributed by atoms with Crippen LogP contribution in [0.4, 0.5) is 0 Å². The van der Waals surface area contributed by atoms with Crippen molar-refractivity contribution in [3.8, 4) is 0 Å². The zero-order valence-electron chi connectivity index (χ0n) is 15.2. The zero-order chi connectivity index (χ0) is 18.0. The molecule has 2 atom stereocenters. The van der Waals surface area contributed by atoms with Crippen LogP contribution < -0.4 is 10.6 Å². The Morgan fingerprint density at radius 3 is 2.36 bits per heavy atom. The van der Waals surface area contributed by atoms with Crippen LogP contribution in [0.15, 0.2) is 0 Å². The highest BCUT2D eigenvalue weighted by Gasteiger charge is 2.49. The van der Waals surface area contributed by atoms with Crippen LogP contribution in [0.3, 0.4) is 0 Å². The monoisotopic (exact) mass is 395 g/mol. The van der Waals surface area contributed by atoms with Gasteiger partial charge in [-0.2, -0.15) is 0 Å². The molecule has 0 aromatic rings. The van der Waals surface area contributed by atoms with E-state index in [9.17, 15) is 18.0 Å². The largest absolute Gasteiger partial charge is 0.343 e. The van der Waals surface area contributed by atoms with Gasteiger partial charge in [-0.3, -0.25) is 9.59 Å². The molecule has 2 heterocycles. The molecular weight excluding hydrogens is 366 g/mol. The van der Waals surface area contributed by atoms with Gasteiger partial charge in [-0.05, 0) is 59.0 Å². The Kier molecular flexibility index (Phi) is 7.71. The Balaban J connectivity index is 0.00000312. The molecule has 2 aliphatic rings. The lowest BCUT2D eigenvalue weighted by atomic mass is 9.95. The molecule has 2 unspecified atom stereocenters. The highest BCUT2D eigenvalue weighted by molar-refractivity contribution is 7.92. The van der Waals surface area contributed by atoms with E-state index in [0.717, 1.165) is 25.5 Å². The minimum atomic E-state index is -3.57. The number of hydrogen-bond donors (Lipinski definition) is 2. The third kappa shape index (κ3) is 4.65. The van der Waals surface area contributed by atoms with Crippen molar-refractivity contribution in [3.05, 3.63) is 0 Å². The van der Waals surface area contributed by atoms with E-state index < -0.39 is 26.5 Å². The second-order valence-corrected chi connectivity index (χ2v) is 9.41. The van der Waals surface area contributed by atoms with Crippen molar-refractivity contribution in [1.82, 2.24) is 15.5 Å². The normalized spacial score (nSPS) is 24.8. The van der Waals surface area contributed by atoms with Crippen molar-refractivity contribution in [3.63, 3.8) is 0 Å². The summed E-state index contributed by atoms with van der Waals surface area (Å²) in [6, 6.07) is -0.556. The molecule has 7 nitrogen and oxygen atoms in total. The molecule has 0 bridgehead atoms. The maximum Gasteiger partial charge on any atom is 0.245 e. The first kappa shape index (κ1) is 22.2. The van der Waals surface area contributed by atoms with E-state index in [1.807, 2.05) is 6.92 Å². The van der Waals surface area contributed by atoms with Gasteiger partial charge in [-0.25, -0.2) is 8.42 Å². The highest BCUT2D eigenvalue weighted by atomic mass is 35.5. The molecule has 2 rings (SSSR count). The van der Waals surface area contributed by atoms with Crippen molar-refractivity contribution >= 4 is 34.1 Å². The van der Waals surface area contributed by atoms with Gasteiger partial charge in [-0.15, -0.1) is 12.4 Å². The van der Waals surface area contributed by atoms with Gasteiger partial charge in [0.2, 0.25) is 11.8 Å². The molecule has 0 aromatic carbocycles. The number of sulfone groups is 1. The summed E-state index contributed by atoms with van der Waals surface area (Å²) in [7, 11) is -3.57. The van der Waals surface area contributed by atoms with Crippen LogP contribution in [0, 0.1) is 0 Å². The Bertz CT molecular complexity index is 590. The topological polar surface area (TPSA) is 95.6 Å². The smallest absolute Gasteiger partial charge is 0.245 e. The lowest BCUT2D eigenvalue weighted by Gasteiger charge is -2.37. The quantitative estimate of drug-likeness (QED) is 0.721. The molecule has 0 saturated carbocycles. The van der Waals surface area contributed by atoms with E-state index in [2.05, 4.69) is 10.6 Å². The van der Waals surface area contributed by atoms with E-state index in [4.69, 9.17) is 0 Å². The number of piperidine rings is 2. The van der Waals surface area contributed by atoms with Gasteiger partial charge in [0.1, 0.15) is 6.04 Å². The number of likely N-dealkylation sites (tertiary alicyclic amines) is 1. The van der Waals surface area contributed by atoms with E-state index in [1.54, 1.807) is 11.8 Å². The SMILES string of the molecule is CC(NC(=O)C1(S(C)(=O)=O)CCNCC1)C(=O)N1CCCCC1C.Cl. The third-order valence-electron chi connectivity index (χ3n) is 5.34. The first-order valence-electron chi connectivity index (χ1n) is 8.71. The molecule has 2 saturated heterocycles.